The summed E-state index contributed by atoms with van der Waals surface area (Å²) in [5.41, 5.74) is 1.91. The predicted molar refractivity (Wildman–Crippen MR) is 100 cm³/mol. The second-order valence-electron chi connectivity index (χ2n) is 5.49. The Hall–Kier alpha value is -3.28. The van der Waals surface area contributed by atoms with Crippen LogP contribution in [0.2, 0.25) is 0 Å². The Morgan fingerprint density at radius 3 is 2.58 bits per heavy atom. The van der Waals surface area contributed by atoms with E-state index in [1.54, 1.807) is 23.0 Å². The molecule has 6 nitrogen and oxygen atoms in total. The number of amides is 1. The Morgan fingerprint density at radius 2 is 1.85 bits per heavy atom. The maximum Gasteiger partial charge on any atom is 0.258 e. The van der Waals surface area contributed by atoms with Crippen molar-refractivity contribution < 1.29 is 14.3 Å². The molecule has 0 aliphatic carbocycles. The highest BCUT2D eigenvalue weighted by molar-refractivity contribution is 6.04. The number of aromatic nitrogens is 2. The monoisotopic (exact) mass is 351 g/mol. The Kier molecular flexibility index (Phi) is 5.53. The Morgan fingerprint density at radius 1 is 1.08 bits per heavy atom. The van der Waals surface area contributed by atoms with Crippen molar-refractivity contribution in [3.63, 3.8) is 0 Å². The first-order chi connectivity index (χ1) is 12.7. The number of carbonyl (C=O) groups excluding carboxylic acids is 1. The van der Waals surface area contributed by atoms with Crippen molar-refractivity contribution in [1.82, 2.24) is 9.78 Å². The first-order valence-corrected chi connectivity index (χ1v) is 8.52. The highest BCUT2D eigenvalue weighted by atomic mass is 16.5. The average Bonchev–Trinajstić information content (AvgIpc) is 3.15. The van der Waals surface area contributed by atoms with Crippen LogP contribution in [-0.2, 0) is 0 Å². The molecule has 0 bridgehead atoms. The van der Waals surface area contributed by atoms with Crippen LogP contribution in [0.1, 0.15) is 24.2 Å². The number of ether oxygens (including phenoxy) is 2. The minimum absolute atomic E-state index is 0.262. The number of hydrogen-bond acceptors (Lipinski definition) is 4. The molecule has 3 rings (SSSR count). The van der Waals surface area contributed by atoms with Crippen LogP contribution in [0.5, 0.6) is 11.5 Å². The van der Waals surface area contributed by atoms with Gasteiger partial charge >= 0.3 is 0 Å². The van der Waals surface area contributed by atoms with Gasteiger partial charge in [-0.05, 0) is 38.1 Å². The molecular formula is C20H21N3O3. The molecule has 134 valence electrons. The molecule has 1 aromatic heterocycles. The lowest BCUT2D eigenvalue weighted by Gasteiger charge is -2.13. The normalized spacial score (nSPS) is 10.4. The fourth-order valence-corrected chi connectivity index (χ4v) is 2.50. The van der Waals surface area contributed by atoms with E-state index in [4.69, 9.17) is 9.47 Å². The third-order valence-corrected chi connectivity index (χ3v) is 3.68. The molecule has 0 radical (unpaired) electrons. The summed E-state index contributed by atoms with van der Waals surface area (Å²) < 4.78 is 12.8. The van der Waals surface area contributed by atoms with Crippen molar-refractivity contribution in [3.05, 3.63) is 66.5 Å². The van der Waals surface area contributed by atoms with E-state index in [1.165, 1.54) is 6.20 Å². The molecule has 0 unspecified atom stereocenters. The molecule has 0 spiro atoms. The fourth-order valence-electron chi connectivity index (χ4n) is 2.50. The summed E-state index contributed by atoms with van der Waals surface area (Å²) in [4.78, 5) is 12.6. The minimum atomic E-state index is -0.262. The van der Waals surface area contributed by atoms with Crippen molar-refractivity contribution in [2.24, 2.45) is 0 Å². The third-order valence-electron chi connectivity index (χ3n) is 3.68. The zero-order valence-electron chi connectivity index (χ0n) is 14.8. The van der Waals surface area contributed by atoms with Gasteiger partial charge in [-0.1, -0.05) is 18.2 Å². The zero-order valence-corrected chi connectivity index (χ0v) is 14.8. The molecule has 0 saturated heterocycles. The average molecular weight is 351 g/mol. The van der Waals surface area contributed by atoms with Gasteiger partial charge in [0.25, 0.3) is 5.91 Å². The molecule has 0 fully saturated rings. The summed E-state index contributed by atoms with van der Waals surface area (Å²) in [7, 11) is 0. The Bertz CT molecular complexity index is 875. The second-order valence-corrected chi connectivity index (χ2v) is 5.49. The van der Waals surface area contributed by atoms with Gasteiger partial charge in [-0.3, -0.25) is 4.79 Å². The van der Waals surface area contributed by atoms with Crippen molar-refractivity contribution in [1.29, 1.82) is 0 Å². The van der Waals surface area contributed by atoms with Gasteiger partial charge in [0.2, 0.25) is 0 Å². The number of nitrogens with one attached hydrogen (secondary N) is 1. The third kappa shape index (κ3) is 4.03. The molecule has 1 N–H and O–H groups in total. The van der Waals surface area contributed by atoms with Crippen LogP contribution in [0, 0.1) is 0 Å². The molecule has 0 aliphatic rings. The van der Waals surface area contributed by atoms with Gasteiger partial charge in [-0.2, -0.15) is 5.10 Å². The van der Waals surface area contributed by atoms with E-state index >= 15 is 0 Å². The Balaban J connectivity index is 1.81. The van der Waals surface area contributed by atoms with Gasteiger partial charge in [0.1, 0.15) is 11.5 Å². The lowest BCUT2D eigenvalue weighted by Crippen LogP contribution is -2.12. The van der Waals surface area contributed by atoms with E-state index in [2.05, 4.69) is 10.4 Å². The van der Waals surface area contributed by atoms with Crippen LogP contribution in [0.3, 0.4) is 0 Å². The standard InChI is InChI=1S/C20H21N3O3/c1-3-25-17-10-11-19(26-4-2)18(12-17)22-20(24)15-13-21-23(14-15)16-8-6-5-7-9-16/h5-14H,3-4H2,1-2H3,(H,22,24). The molecule has 0 aliphatic heterocycles. The molecule has 1 heterocycles. The molecule has 26 heavy (non-hydrogen) atoms. The molecule has 0 saturated carbocycles. The molecule has 6 heteroatoms. The molecule has 3 aromatic rings. The van der Waals surface area contributed by atoms with E-state index in [-0.39, 0.29) is 5.91 Å². The van der Waals surface area contributed by atoms with Crippen LogP contribution in [0.4, 0.5) is 5.69 Å². The van der Waals surface area contributed by atoms with Gasteiger partial charge in [-0.15, -0.1) is 0 Å². The zero-order chi connectivity index (χ0) is 18.4. The summed E-state index contributed by atoms with van der Waals surface area (Å²) in [5.74, 6) is 1.01. The van der Waals surface area contributed by atoms with Crippen LogP contribution in [-0.4, -0.2) is 28.9 Å². The maximum atomic E-state index is 12.6. The van der Waals surface area contributed by atoms with Crippen LogP contribution >= 0.6 is 0 Å². The summed E-state index contributed by atoms with van der Waals surface area (Å²) in [6, 6.07) is 15.0. The first kappa shape index (κ1) is 17.5. The highest BCUT2D eigenvalue weighted by Crippen LogP contribution is 2.30. The highest BCUT2D eigenvalue weighted by Gasteiger charge is 2.13. The van der Waals surface area contributed by atoms with E-state index < -0.39 is 0 Å². The number of rotatable bonds is 7. The number of hydrogen-bond donors (Lipinski definition) is 1. The van der Waals surface area contributed by atoms with Gasteiger partial charge in [0, 0.05) is 12.3 Å². The maximum absolute atomic E-state index is 12.6. The van der Waals surface area contributed by atoms with E-state index in [0.717, 1.165) is 5.69 Å². The molecule has 1 amide bonds. The van der Waals surface area contributed by atoms with Crippen molar-refractivity contribution >= 4 is 11.6 Å². The van der Waals surface area contributed by atoms with E-state index in [0.29, 0.717) is 36.0 Å². The topological polar surface area (TPSA) is 65.4 Å². The SMILES string of the molecule is CCOc1ccc(OCC)c(NC(=O)c2cnn(-c3ccccc3)c2)c1. The molecule has 0 atom stereocenters. The number of para-hydroxylation sites is 1. The van der Waals surface area contributed by atoms with E-state index in [9.17, 15) is 4.79 Å². The largest absolute Gasteiger partial charge is 0.494 e. The van der Waals surface area contributed by atoms with Crippen molar-refractivity contribution in [2.75, 3.05) is 18.5 Å². The fraction of sp³-hybridized carbons (Fsp3) is 0.200. The Labute approximate surface area is 152 Å². The van der Waals surface area contributed by atoms with Crippen molar-refractivity contribution in [3.8, 4) is 17.2 Å². The van der Waals surface area contributed by atoms with Crippen LogP contribution in [0.15, 0.2) is 60.9 Å². The van der Waals surface area contributed by atoms with Gasteiger partial charge in [0.15, 0.2) is 0 Å². The number of benzene rings is 2. The predicted octanol–water partition coefficient (Wildman–Crippen LogP) is 3.92. The van der Waals surface area contributed by atoms with Gasteiger partial charge < -0.3 is 14.8 Å². The van der Waals surface area contributed by atoms with Crippen molar-refractivity contribution in [2.45, 2.75) is 13.8 Å². The summed E-state index contributed by atoms with van der Waals surface area (Å²) in [6.45, 7) is 4.85. The molecule has 2 aromatic carbocycles. The van der Waals surface area contributed by atoms with Gasteiger partial charge in [-0.25, -0.2) is 4.68 Å². The second kappa shape index (κ2) is 8.20. The minimum Gasteiger partial charge on any atom is -0.494 e. The first-order valence-electron chi connectivity index (χ1n) is 8.52. The van der Waals surface area contributed by atoms with Crippen LogP contribution in [0.25, 0.3) is 5.69 Å². The number of carbonyl (C=O) groups is 1. The number of nitrogens with zero attached hydrogens (tertiary/aromatic N) is 2. The van der Waals surface area contributed by atoms with Crippen LogP contribution < -0.4 is 14.8 Å². The summed E-state index contributed by atoms with van der Waals surface area (Å²) in [6.07, 6.45) is 3.23. The number of anilines is 1. The molecular weight excluding hydrogens is 330 g/mol. The van der Waals surface area contributed by atoms with Gasteiger partial charge in [0.05, 0.1) is 36.3 Å². The summed E-state index contributed by atoms with van der Waals surface area (Å²) >= 11 is 0. The lowest BCUT2D eigenvalue weighted by atomic mass is 10.2. The smallest absolute Gasteiger partial charge is 0.258 e. The quantitative estimate of drug-likeness (QED) is 0.701. The summed E-state index contributed by atoms with van der Waals surface area (Å²) in [5, 5.41) is 7.13. The lowest BCUT2D eigenvalue weighted by molar-refractivity contribution is 0.102. The van der Waals surface area contributed by atoms with E-state index in [1.807, 2.05) is 50.2 Å².